The zero-order valence-corrected chi connectivity index (χ0v) is 18.5. The molecule has 31 heavy (non-hydrogen) atoms. The number of nitro benzene ring substituents is 1. The van der Waals surface area contributed by atoms with Gasteiger partial charge in [0.15, 0.2) is 0 Å². The van der Waals surface area contributed by atoms with Crippen molar-refractivity contribution >= 4 is 28.2 Å². The molecule has 1 aliphatic rings. The fraction of sp³-hybridized carbons (Fsp3) is 0.333. The minimum Gasteiger partial charge on any atom is -0.455 e. The third-order valence-corrected chi connectivity index (χ3v) is 7.05. The molecule has 7 heteroatoms. The predicted molar refractivity (Wildman–Crippen MR) is 122 cm³/mol. The Labute approximate surface area is 185 Å². The molecule has 1 aliphatic carbocycles. The largest absolute Gasteiger partial charge is 0.455 e. The van der Waals surface area contributed by atoms with E-state index in [1.807, 2.05) is 0 Å². The average Bonchev–Trinajstić information content (AvgIpc) is 3.35. The van der Waals surface area contributed by atoms with E-state index in [9.17, 15) is 15.4 Å². The minimum atomic E-state index is -0.425. The van der Waals surface area contributed by atoms with Gasteiger partial charge in [-0.1, -0.05) is 32.9 Å². The number of nitro groups is 1. The van der Waals surface area contributed by atoms with Gasteiger partial charge in [-0.25, -0.2) is 4.99 Å². The number of para-hydroxylation sites is 1. The van der Waals surface area contributed by atoms with Gasteiger partial charge in [0.25, 0.3) is 5.69 Å². The Bertz CT molecular complexity index is 1210. The van der Waals surface area contributed by atoms with E-state index in [-0.39, 0.29) is 11.1 Å². The van der Waals surface area contributed by atoms with Crippen molar-refractivity contribution in [2.45, 2.75) is 40.0 Å². The second kappa shape index (κ2) is 8.12. The van der Waals surface area contributed by atoms with Crippen molar-refractivity contribution in [3.63, 3.8) is 0 Å². The zero-order valence-electron chi connectivity index (χ0n) is 17.7. The first-order valence-corrected chi connectivity index (χ1v) is 11.0. The summed E-state index contributed by atoms with van der Waals surface area (Å²) in [6.45, 7) is 6.81. The van der Waals surface area contributed by atoms with Gasteiger partial charge in [-0.15, -0.1) is 11.3 Å². The molecule has 0 saturated carbocycles. The summed E-state index contributed by atoms with van der Waals surface area (Å²) in [6.07, 6.45) is 4.56. The van der Waals surface area contributed by atoms with E-state index < -0.39 is 4.92 Å². The Morgan fingerprint density at radius 2 is 2.06 bits per heavy atom. The SMILES string of the molecule is CC(C)(C)C1CCc2c(sc(/N=C/c3ccc(-c4ccccc4[N+](=O)[O-])o3)c2C#N)C1. The summed E-state index contributed by atoms with van der Waals surface area (Å²) in [7, 11) is 0. The fourth-order valence-electron chi connectivity index (χ4n) is 4.05. The second-order valence-corrected chi connectivity index (χ2v) is 9.92. The summed E-state index contributed by atoms with van der Waals surface area (Å²) in [6, 6.07) is 12.2. The van der Waals surface area contributed by atoms with Crippen molar-refractivity contribution in [1.29, 1.82) is 5.26 Å². The lowest BCUT2D eigenvalue weighted by Crippen LogP contribution is -2.26. The van der Waals surface area contributed by atoms with E-state index in [1.54, 1.807) is 47.9 Å². The van der Waals surface area contributed by atoms with Crippen LogP contribution in [0.15, 0.2) is 45.8 Å². The Morgan fingerprint density at radius 1 is 1.29 bits per heavy atom. The highest BCUT2D eigenvalue weighted by atomic mass is 32.1. The normalized spacial score (nSPS) is 16.3. The van der Waals surface area contributed by atoms with Crippen molar-refractivity contribution in [3.8, 4) is 17.4 Å². The Morgan fingerprint density at radius 3 is 2.77 bits per heavy atom. The van der Waals surface area contributed by atoms with Crippen LogP contribution < -0.4 is 0 Å². The minimum absolute atomic E-state index is 0.00793. The van der Waals surface area contributed by atoms with Crippen LogP contribution in [0.5, 0.6) is 0 Å². The van der Waals surface area contributed by atoms with Gasteiger partial charge in [0.05, 0.1) is 22.3 Å². The predicted octanol–water partition coefficient (Wildman–Crippen LogP) is 6.69. The number of nitrogens with zero attached hydrogens (tertiary/aromatic N) is 3. The van der Waals surface area contributed by atoms with Crippen LogP contribution in [-0.2, 0) is 12.8 Å². The molecular weight excluding hydrogens is 410 g/mol. The van der Waals surface area contributed by atoms with Gasteiger partial charge in [-0.05, 0) is 54.4 Å². The van der Waals surface area contributed by atoms with E-state index in [0.717, 1.165) is 24.8 Å². The van der Waals surface area contributed by atoms with Gasteiger partial charge < -0.3 is 4.42 Å². The van der Waals surface area contributed by atoms with Crippen LogP contribution in [0.4, 0.5) is 10.7 Å². The fourth-order valence-corrected chi connectivity index (χ4v) is 5.27. The maximum atomic E-state index is 11.3. The Balaban J connectivity index is 1.61. The molecule has 1 aromatic carbocycles. The molecule has 4 rings (SSSR count). The van der Waals surface area contributed by atoms with Crippen LogP contribution in [0.2, 0.25) is 0 Å². The zero-order chi connectivity index (χ0) is 22.2. The van der Waals surface area contributed by atoms with E-state index in [2.05, 4.69) is 31.8 Å². The molecular formula is C24H23N3O3S. The molecule has 2 aromatic heterocycles. The summed E-state index contributed by atoms with van der Waals surface area (Å²) in [5.41, 5.74) is 2.45. The lowest BCUT2D eigenvalue weighted by molar-refractivity contribution is -0.384. The molecule has 0 fully saturated rings. The van der Waals surface area contributed by atoms with Gasteiger partial charge >= 0.3 is 0 Å². The first-order chi connectivity index (χ1) is 14.8. The lowest BCUT2D eigenvalue weighted by atomic mass is 9.72. The first-order valence-electron chi connectivity index (χ1n) is 10.2. The molecule has 3 aromatic rings. The number of fused-ring (bicyclic) bond motifs is 1. The molecule has 0 N–H and O–H groups in total. The van der Waals surface area contributed by atoms with Gasteiger partial charge in [0.1, 0.15) is 22.6 Å². The molecule has 1 unspecified atom stereocenters. The van der Waals surface area contributed by atoms with Crippen molar-refractivity contribution in [2.24, 2.45) is 16.3 Å². The summed E-state index contributed by atoms with van der Waals surface area (Å²) < 4.78 is 5.79. The molecule has 6 nitrogen and oxygen atoms in total. The molecule has 0 amide bonds. The van der Waals surface area contributed by atoms with Crippen LogP contribution >= 0.6 is 11.3 Å². The number of hydrogen-bond acceptors (Lipinski definition) is 6. The summed E-state index contributed by atoms with van der Waals surface area (Å²) >= 11 is 1.58. The average molecular weight is 434 g/mol. The number of hydrogen-bond donors (Lipinski definition) is 0. The molecule has 0 radical (unpaired) electrons. The lowest BCUT2D eigenvalue weighted by Gasteiger charge is -2.33. The maximum absolute atomic E-state index is 11.3. The van der Waals surface area contributed by atoms with E-state index >= 15 is 0 Å². The monoisotopic (exact) mass is 433 g/mol. The Hall–Kier alpha value is -3.24. The molecule has 0 aliphatic heterocycles. The van der Waals surface area contributed by atoms with Crippen LogP contribution in [0.1, 0.15) is 49.0 Å². The second-order valence-electron chi connectivity index (χ2n) is 8.84. The number of benzene rings is 1. The van der Waals surface area contributed by atoms with Crippen molar-refractivity contribution in [2.75, 3.05) is 0 Å². The highest BCUT2D eigenvalue weighted by molar-refractivity contribution is 7.16. The summed E-state index contributed by atoms with van der Waals surface area (Å²) in [5, 5.41) is 21.7. The van der Waals surface area contributed by atoms with E-state index in [0.29, 0.717) is 33.6 Å². The van der Waals surface area contributed by atoms with Crippen LogP contribution in [0.25, 0.3) is 11.3 Å². The van der Waals surface area contributed by atoms with Gasteiger partial charge in [0.2, 0.25) is 0 Å². The smallest absolute Gasteiger partial charge is 0.280 e. The van der Waals surface area contributed by atoms with Crippen LogP contribution in [0.3, 0.4) is 0 Å². The first kappa shape index (κ1) is 21.0. The van der Waals surface area contributed by atoms with Crippen LogP contribution in [0, 0.1) is 32.8 Å². The highest BCUT2D eigenvalue weighted by Crippen LogP contribution is 2.45. The topological polar surface area (TPSA) is 92.4 Å². The van der Waals surface area contributed by atoms with Crippen molar-refractivity contribution < 1.29 is 9.34 Å². The number of furan rings is 1. The van der Waals surface area contributed by atoms with Crippen molar-refractivity contribution in [1.82, 2.24) is 0 Å². The van der Waals surface area contributed by atoms with Gasteiger partial charge in [-0.2, -0.15) is 5.26 Å². The summed E-state index contributed by atoms with van der Waals surface area (Å²) in [5.74, 6) is 1.49. The molecule has 2 heterocycles. The number of aliphatic imine (C=N–C) groups is 1. The molecule has 158 valence electrons. The van der Waals surface area contributed by atoms with Crippen LogP contribution in [-0.4, -0.2) is 11.1 Å². The third-order valence-electron chi connectivity index (χ3n) is 5.89. The number of nitriles is 1. The van der Waals surface area contributed by atoms with Crippen molar-refractivity contribution in [3.05, 3.63) is 68.3 Å². The third kappa shape index (κ3) is 4.17. The quantitative estimate of drug-likeness (QED) is 0.260. The number of rotatable bonds is 4. The number of thiophene rings is 1. The standard InChI is InChI=1S/C24H23N3O3S/c1-24(2,3)15-8-10-17-19(13-25)23(31-22(17)12-15)26-14-16-9-11-21(30-16)18-6-4-5-7-20(18)27(28)29/h4-7,9,11,14-15H,8,10,12H2,1-3H3/b26-14+. The van der Waals surface area contributed by atoms with E-state index in [1.165, 1.54) is 10.9 Å². The molecule has 1 atom stereocenters. The van der Waals surface area contributed by atoms with E-state index in [4.69, 9.17) is 4.42 Å². The summed E-state index contributed by atoms with van der Waals surface area (Å²) in [4.78, 5) is 16.7. The molecule has 0 bridgehead atoms. The molecule has 0 spiro atoms. The Kier molecular flexibility index (Phi) is 5.50. The highest BCUT2D eigenvalue weighted by Gasteiger charge is 2.32. The maximum Gasteiger partial charge on any atom is 0.280 e. The molecule has 0 saturated heterocycles. The van der Waals surface area contributed by atoms with Gasteiger partial charge in [0, 0.05) is 10.9 Å². The van der Waals surface area contributed by atoms with Gasteiger partial charge in [-0.3, -0.25) is 10.1 Å².